The normalized spacial score (nSPS) is 13.5. The van der Waals surface area contributed by atoms with Gasteiger partial charge in [-0.3, -0.25) is 16.3 Å². The first-order valence-corrected chi connectivity index (χ1v) is 6.48. The minimum absolute atomic E-state index is 0.119. The molecule has 1 aromatic heterocycles. The Morgan fingerprint density at radius 1 is 1.32 bits per heavy atom. The van der Waals surface area contributed by atoms with Gasteiger partial charge in [0.05, 0.1) is 5.56 Å². The average molecular weight is 275 g/mol. The lowest BCUT2D eigenvalue weighted by Gasteiger charge is -2.20. The molecule has 6 heteroatoms. The first-order chi connectivity index (χ1) is 9.00. The van der Waals surface area contributed by atoms with Crippen molar-refractivity contribution < 1.29 is 13.2 Å². The molecule has 108 valence electrons. The van der Waals surface area contributed by atoms with Crippen molar-refractivity contribution in [3.8, 4) is 0 Å². The van der Waals surface area contributed by atoms with Crippen LogP contribution in [0.15, 0.2) is 18.5 Å². The second kappa shape index (κ2) is 7.45. The largest absolute Gasteiger partial charge is 0.416 e. The van der Waals surface area contributed by atoms with Gasteiger partial charge in [0.2, 0.25) is 0 Å². The second-order valence-corrected chi connectivity index (χ2v) is 4.53. The molecule has 19 heavy (non-hydrogen) atoms. The number of nitrogens with zero attached hydrogens (tertiary/aromatic N) is 1. The molecule has 0 saturated heterocycles. The van der Waals surface area contributed by atoms with Gasteiger partial charge in [-0.25, -0.2) is 0 Å². The SMILES string of the molecule is CCCCCCC(NN)c1cnccc1C(F)(F)F. The minimum Gasteiger partial charge on any atom is -0.271 e. The van der Waals surface area contributed by atoms with Crippen molar-refractivity contribution in [3.05, 3.63) is 29.6 Å². The molecule has 1 aromatic rings. The van der Waals surface area contributed by atoms with Gasteiger partial charge in [-0.05, 0) is 12.5 Å². The summed E-state index contributed by atoms with van der Waals surface area (Å²) in [5.74, 6) is 5.39. The Morgan fingerprint density at radius 2 is 2.05 bits per heavy atom. The molecule has 0 spiro atoms. The Morgan fingerprint density at radius 3 is 2.63 bits per heavy atom. The van der Waals surface area contributed by atoms with Gasteiger partial charge in [0.1, 0.15) is 0 Å². The van der Waals surface area contributed by atoms with E-state index in [1.54, 1.807) is 0 Å². The van der Waals surface area contributed by atoms with Crippen LogP contribution in [0.25, 0.3) is 0 Å². The summed E-state index contributed by atoms with van der Waals surface area (Å²) in [6.45, 7) is 2.08. The molecule has 0 saturated carbocycles. The maximum atomic E-state index is 12.9. The summed E-state index contributed by atoms with van der Waals surface area (Å²) in [5, 5.41) is 0. The molecule has 3 nitrogen and oxygen atoms in total. The Balaban J connectivity index is 2.80. The van der Waals surface area contributed by atoms with E-state index in [0.717, 1.165) is 37.9 Å². The number of hydrogen-bond donors (Lipinski definition) is 2. The lowest BCUT2D eigenvalue weighted by molar-refractivity contribution is -0.138. The van der Waals surface area contributed by atoms with Crippen molar-refractivity contribution in [3.63, 3.8) is 0 Å². The van der Waals surface area contributed by atoms with Crippen LogP contribution < -0.4 is 11.3 Å². The molecule has 0 amide bonds. The predicted octanol–water partition coefficient (Wildman–Crippen LogP) is 3.58. The summed E-state index contributed by atoms with van der Waals surface area (Å²) in [6.07, 6.45) is 2.59. The Kier molecular flexibility index (Phi) is 6.24. The number of alkyl halides is 3. The number of hydrazine groups is 1. The highest BCUT2D eigenvalue weighted by atomic mass is 19.4. The smallest absolute Gasteiger partial charge is 0.271 e. The number of nitrogens with two attached hydrogens (primary N) is 1. The number of unbranched alkanes of at least 4 members (excludes halogenated alkanes) is 3. The fourth-order valence-corrected chi connectivity index (χ4v) is 2.05. The molecule has 0 aliphatic heterocycles. The molecule has 3 N–H and O–H groups in total. The molecule has 0 radical (unpaired) electrons. The van der Waals surface area contributed by atoms with E-state index in [2.05, 4.69) is 17.3 Å². The Labute approximate surface area is 111 Å². The second-order valence-electron chi connectivity index (χ2n) is 4.53. The van der Waals surface area contributed by atoms with Crippen LogP contribution in [0, 0.1) is 0 Å². The van der Waals surface area contributed by atoms with Gasteiger partial charge in [-0.2, -0.15) is 13.2 Å². The van der Waals surface area contributed by atoms with Crippen LogP contribution in [0.3, 0.4) is 0 Å². The lowest BCUT2D eigenvalue weighted by atomic mass is 9.97. The zero-order valence-electron chi connectivity index (χ0n) is 11.0. The van der Waals surface area contributed by atoms with E-state index >= 15 is 0 Å². The molecular formula is C13H20F3N3. The predicted molar refractivity (Wildman–Crippen MR) is 68.1 cm³/mol. The maximum absolute atomic E-state index is 12.9. The zero-order chi connectivity index (χ0) is 14.3. The van der Waals surface area contributed by atoms with Gasteiger partial charge in [0, 0.05) is 24.0 Å². The topological polar surface area (TPSA) is 50.9 Å². The maximum Gasteiger partial charge on any atom is 0.416 e. The van der Waals surface area contributed by atoms with Crippen molar-refractivity contribution in [1.82, 2.24) is 10.4 Å². The van der Waals surface area contributed by atoms with Gasteiger partial charge in [0.25, 0.3) is 0 Å². The molecule has 0 fully saturated rings. The van der Waals surface area contributed by atoms with Crippen molar-refractivity contribution in [1.29, 1.82) is 0 Å². The van der Waals surface area contributed by atoms with Crippen molar-refractivity contribution in [2.75, 3.05) is 0 Å². The highest BCUT2D eigenvalue weighted by Gasteiger charge is 2.34. The molecule has 1 heterocycles. The van der Waals surface area contributed by atoms with E-state index < -0.39 is 17.8 Å². The van der Waals surface area contributed by atoms with Crippen molar-refractivity contribution in [2.45, 2.75) is 51.2 Å². The van der Waals surface area contributed by atoms with E-state index in [-0.39, 0.29) is 5.56 Å². The number of pyridine rings is 1. The standard InChI is InChI=1S/C13H20F3N3/c1-2-3-4-5-6-12(19-17)10-9-18-8-7-11(10)13(14,15)16/h7-9,12,19H,2-6,17H2,1H3. The van der Waals surface area contributed by atoms with Gasteiger partial charge in [0.15, 0.2) is 0 Å². The molecular weight excluding hydrogens is 255 g/mol. The third-order valence-corrected chi connectivity index (χ3v) is 3.08. The molecule has 1 rings (SSSR count). The number of halogens is 3. The van der Waals surface area contributed by atoms with E-state index in [4.69, 9.17) is 5.84 Å². The molecule has 0 aromatic carbocycles. The van der Waals surface area contributed by atoms with E-state index in [9.17, 15) is 13.2 Å². The van der Waals surface area contributed by atoms with Crippen LogP contribution in [0.4, 0.5) is 13.2 Å². The summed E-state index contributed by atoms with van der Waals surface area (Å²) in [5.41, 5.74) is 1.92. The highest BCUT2D eigenvalue weighted by molar-refractivity contribution is 5.29. The fourth-order valence-electron chi connectivity index (χ4n) is 2.05. The summed E-state index contributed by atoms with van der Waals surface area (Å²) in [7, 11) is 0. The van der Waals surface area contributed by atoms with Gasteiger partial charge in [-0.1, -0.05) is 32.6 Å². The lowest BCUT2D eigenvalue weighted by Crippen LogP contribution is -2.30. The summed E-state index contributed by atoms with van der Waals surface area (Å²) < 4.78 is 38.7. The minimum atomic E-state index is -4.38. The van der Waals surface area contributed by atoms with Crippen molar-refractivity contribution in [2.24, 2.45) is 5.84 Å². The third kappa shape index (κ3) is 4.80. The van der Waals surface area contributed by atoms with E-state index in [0.29, 0.717) is 6.42 Å². The van der Waals surface area contributed by atoms with Gasteiger partial charge < -0.3 is 0 Å². The quantitative estimate of drug-likeness (QED) is 0.454. The number of aromatic nitrogens is 1. The molecule has 1 unspecified atom stereocenters. The molecule has 1 atom stereocenters. The molecule has 0 aliphatic carbocycles. The van der Waals surface area contributed by atoms with Crippen LogP contribution in [0.1, 0.15) is 56.2 Å². The first-order valence-electron chi connectivity index (χ1n) is 6.48. The van der Waals surface area contributed by atoms with Crippen LogP contribution in [0.2, 0.25) is 0 Å². The molecule has 0 bridgehead atoms. The summed E-state index contributed by atoms with van der Waals surface area (Å²) in [4.78, 5) is 3.78. The zero-order valence-corrected chi connectivity index (χ0v) is 11.0. The van der Waals surface area contributed by atoms with Crippen molar-refractivity contribution >= 4 is 0 Å². The van der Waals surface area contributed by atoms with Gasteiger partial charge in [-0.15, -0.1) is 0 Å². The number of rotatable bonds is 7. The van der Waals surface area contributed by atoms with E-state index in [1.807, 2.05) is 0 Å². The third-order valence-electron chi connectivity index (χ3n) is 3.08. The highest BCUT2D eigenvalue weighted by Crippen LogP contribution is 2.35. The molecule has 0 aliphatic rings. The monoisotopic (exact) mass is 275 g/mol. The average Bonchev–Trinajstić information content (AvgIpc) is 2.38. The Hall–Kier alpha value is -1.14. The number of hydrogen-bond acceptors (Lipinski definition) is 3. The van der Waals surface area contributed by atoms with Crippen LogP contribution in [-0.4, -0.2) is 4.98 Å². The summed E-state index contributed by atoms with van der Waals surface area (Å²) in [6, 6.07) is 0.480. The summed E-state index contributed by atoms with van der Waals surface area (Å²) >= 11 is 0. The number of nitrogens with one attached hydrogen (secondary N) is 1. The van der Waals surface area contributed by atoms with Crippen LogP contribution >= 0.6 is 0 Å². The fraction of sp³-hybridized carbons (Fsp3) is 0.615. The van der Waals surface area contributed by atoms with Gasteiger partial charge >= 0.3 is 6.18 Å². The van der Waals surface area contributed by atoms with Crippen LogP contribution in [0.5, 0.6) is 0 Å². The van der Waals surface area contributed by atoms with Crippen LogP contribution in [-0.2, 0) is 6.18 Å². The van der Waals surface area contributed by atoms with E-state index in [1.165, 1.54) is 6.20 Å². The Bertz CT molecular complexity index is 380. The first kappa shape index (κ1) is 15.9.